The summed E-state index contributed by atoms with van der Waals surface area (Å²) in [5, 5.41) is 4.15. The van der Waals surface area contributed by atoms with E-state index in [1.165, 1.54) is 11.3 Å². The average Bonchev–Trinajstić information content (AvgIpc) is 3.04. The highest BCUT2D eigenvalue weighted by atomic mass is 32.2. The molecule has 23 heavy (non-hydrogen) atoms. The number of thiophene rings is 1. The van der Waals surface area contributed by atoms with Crippen molar-refractivity contribution in [1.29, 1.82) is 0 Å². The Hall–Kier alpha value is -1.22. The van der Waals surface area contributed by atoms with Crippen molar-refractivity contribution in [2.45, 2.75) is 43.0 Å². The molecule has 0 bridgehead atoms. The Labute approximate surface area is 140 Å². The van der Waals surface area contributed by atoms with E-state index < -0.39 is 10.0 Å². The summed E-state index contributed by atoms with van der Waals surface area (Å²) in [4.78, 5) is 1.00. The van der Waals surface area contributed by atoms with E-state index in [9.17, 15) is 8.42 Å². The minimum atomic E-state index is -3.48. The van der Waals surface area contributed by atoms with Crippen molar-refractivity contribution in [2.75, 3.05) is 6.61 Å². The summed E-state index contributed by atoms with van der Waals surface area (Å²) in [5.74, 6) is 0. The van der Waals surface area contributed by atoms with Crippen LogP contribution in [-0.4, -0.2) is 30.8 Å². The third kappa shape index (κ3) is 3.50. The second kappa shape index (κ2) is 6.35. The standard InChI is InChI=1S/C15H21N3O3S2/c1-10-8-11(2)22-15(10)23(19,20)17-12-5-7-21-14(9-12)13-4-6-16-18(13)3/h4,6,8,12,14,17H,5,7,9H2,1-3H3. The van der Waals surface area contributed by atoms with E-state index in [-0.39, 0.29) is 12.1 Å². The first kappa shape index (κ1) is 16.6. The predicted molar refractivity (Wildman–Crippen MR) is 89.0 cm³/mol. The molecule has 0 aromatic carbocycles. The Morgan fingerprint density at radius 3 is 2.83 bits per heavy atom. The number of aryl methyl sites for hydroxylation is 3. The molecule has 1 fully saturated rings. The van der Waals surface area contributed by atoms with Crippen LogP contribution in [0.4, 0.5) is 0 Å². The van der Waals surface area contributed by atoms with Crippen LogP contribution < -0.4 is 4.72 Å². The van der Waals surface area contributed by atoms with Gasteiger partial charge in [-0.2, -0.15) is 5.10 Å². The molecule has 3 heterocycles. The summed E-state index contributed by atoms with van der Waals surface area (Å²) < 4.78 is 36.1. The molecule has 0 spiro atoms. The minimum Gasteiger partial charge on any atom is -0.372 e. The SMILES string of the molecule is Cc1cc(C)c(S(=O)(=O)NC2CCOC(c3ccnn3C)C2)s1. The number of hydrogen-bond acceptors (Lipinski definition) is 5. The predicted octanol–water partition coefficient (Wildman–Crippen LogP) is 2.30. The van der Waals surface area contributed by atoms with E-state index in [4.69, 9.17) is 4.74 Å². The van der Waals surface area contributed by atoms with Gasteiger partial charge in [0.25, 0.3) is 10.0 Å². The van der Waals surface area contributed by atoms with Crippen molar-refractivity contribution in [3.63, 3.8) is 0 Å². The van der Waals surface area contributed by atoms with Crippen LogP contribution in [0, 0.1) is 13.8 Å². The van der Waals surface area contributed by atoms with Gasteiger partial charge in [-0.1, -0.05) is 0 Å². The van der Waals surface area contributed by atoms with Gasteiger partial charge in [0.15, 0.2) is 0 Å². The van der Waals surface area contributed by atoms with Gasteiger partial charge >= 0.3 is 0 Å². The molecular formula is C15H21N3O3S2. The fourth-order valence-electron chi connectivity index (χ4n) is 2.97. The number of hydrogen-bond donors (Lipinski definition) is 1. The molecule has 2 unspecified atom stereocenters. The Morgan fingerprint density at radius 1 is 1.43 bits per heavy atom. The minimum absolute atomic E-state index is 0.129. The Balaban J connectivity index is 1.75. The topological polar surface area (TPSA) is 73.2 Å². The maximum atomic E-state index is 12.6. The highest BCUT2D eigenvalue weighted by Crippen LogP contribution is 2.30. The van der Waals surface area contributed by atoms with Gasteiger partial charge in [0.1, 0.15) is 10.3 Å². The quantitative estimate of drug-likeness (QED) is 0.913. The Bertz CT molecular complexity index is 795. The van der Waals surface area contributed by atoms with Crippen LogP contribution >= 0.6 is 11.3 Å². The molecular weight excluding hydrogens is 334 g/mol. The van der Waals surface area contributed by atoms with Gasteiger partial charge in [-0.3, -0.25) is 4.68 Å². The van der Waals surface area contributed by atoms with Gasteiger partial charge in [-0.15, -0.1) is 11.3 Å². The fourth-order valence-corrected chi connectivity index (χ4v) is 5.94. The van der Waals surface area contributed by atoms with Crippen LogP contribution in [0.1, 0.15) is 35.1 Å². The first-order chi connectivity index (χ1) is 10.9. The number of rotatable bonds is 4. The number of ether oxygens (including phenoxy) is 1. The van der Waals surface area contributed by atoms with Gasteiger partial charge < -0.3 is 4.74 Å². The van der Waals surface area contributed by atoms with E-state index in [0.717, 1.165) is 16.1 Å². The zero-order chi connectivity index (χ0) is 16.6. The molecule has 0 saturated carbocycles. The number of nitrogens with zero attached hydrogens (tertiary/aromatic N) is 2. The maximum absolute atomic E-state index is 12.6. The molecule has 1 aliphatic heterocycles. The zero-order valence-corrected chi connectivity index (χ0v) is 15.1. The molecule has 8 heteroatoms. The highest BCUT2D eigenvalue weighted by Gasteiger charge is 2.30. The second-order valence-corrected chi connectivity index (χ2v) is 9.07. The van der Waals surface area contributed by atoms with Crippen LogP contribution in [0.25, 0.3) is 0 Å². The van der Waals surface area contributed by atoms with Crippen LogP contribution in [0.5, 0.6) is 0 Å². The first-order valence-electron chi connectivity index (χ1n) is 7.55. The second-order valence-electron chi connectivity index (χ2n) is 5.91. The van der Waals surface area contributed by atoms with E-state index in [1.54, 1.807) is 10.9 Å². The lowest BCUT2D eigenvalue weighted by molar-refractivity contribution is -0.000577. The molecule has 2 atom stereocenters. The summed E-state index contributed by atoms with van der Waals surface area (Å²) in [5.41, 5.74) is 1.77. The molecule has 1 N–H and O–H groups in total. The Kier molecular flexibility index (Phi) is 4.59. The van der Waals surface area contributed by atoms with Crippen molar-refractivity contribution in [3.8, 4) is 0 Å². The van der Waals surface area contributed by atoms with Crippen molar-refractivity contribution >= 4 is 21.4 Å². The number of sulfonamides is 1. The van der Waals surface area contributed by atoms with E-state index in [2.05, 4.69) is 9.82 Å². The summed E-state index contributed by atoms with van der Waals surface area (Å²) in [6.07, 6.45) is 2.89. The fraction of sp³-hybridized carbons (Fsp3) is 0.533. The molecule has 126 valence electrons. The lowest BCUT2D eigenvalue weighted by atomic mass is 10.0. The summed E-state index contributed by atoms with van der Waals surface area (Å²) in [6, 6.07) is 3.69. The Morgan fingerprint density at radius 2 is 2.22 bits per heavy atom. The van der Waals surface area contributed by atoms with E-state index >= 15 is 0 Å². The molecule has 1 aliphatic rings. The van der Waals surface area contributed by atoms with Gasteiger partial charge in [0.2, 0.25) is 0 Å². The molecule has 2 aromatic heterocycles. The van der Waals surface area contributed by atoms with Gasteiger partial charge in [0, 0.05) is 30.8 Å². The average molecular weight is 355 g/mol. The zero-order valence-electron chi connectivity index (χ0n) is 13.4. The van der Waals surface area contributed by atoms with E-state index in [0.29, 0.717) is 23.7 Å². The van der Waals surface area contributed by atoms with Crippen molar-refractivity contribution in [2.24, 2.45) is 7.05 Å². The van der Waals surface area contributed by atoms with E-state index in [1.807, 2.05) is 33.0 Å². The third-order valence-corrected chi connectivity index (χ3v) is 7.34. The van der Waals surface area contributed by atoms with Crippen molar-refractivity contribution < 1.29 is 13.2 Å². The maximum Gasteiger partial charge on any atom is 0.250 e. The number of aromatic nitrogens is 2. The van der Waals surface area contributed by atoms with Crippen LogP contribution in [0.2, 0.25) is 0 Å². The molecule has 3 rings (SSSR count). The summed E-state index contributed by atoms with van der Waals surface area (Å²) >= 11 is 1.32. The lowest BCUT2D eigenvalue weighted by Crippen LogP contribution is -2.40. The van der Waals surface area contributed by atoms with Gasteiger partial charge in [0.05, 0.1) is 5.69 Å². The molecule has 0 amide bonds. The van der Waals surface area contributed by atoms with Crippen molar-refractivity contribution in [3.05, 3.63) is 34.5 Å². The van der Waals surface area contributed by atoms with Crippen LogP contribution in [0.3, 0.4) is 0 Å². The van der Waals surface area contributed by atoms with Crippen LogP contribution in [-0.2, 0) is 21.8 Å². The summed E-state index contributed by atoms with van der Waals surface area (Å²) in [6.45, 7) is 4.29. The molecule has 1 saturated heterocycles. The molecule has 0 aliphatic carbocycles. The monoisotopic (exact) mass is 355 g/mol. The smallest absolute Gasteiger partial charge is 0.250 e. The largest absolute Gasteiger partial charge is 0.372 e. The third-order valence-electron chi connectivity index (χ3n) is 4.03. The first-order valence-corrected chi connectivity index (χ1v) is 9.85. The summed E-state index contributed by atoms with van der Waals surface area (Å²) in [7, 11) is -1.62. The lowest BCUT2D eigenvalue weighted by Gasteiger charge is -2.29. The van der Waals surface area contributed by atoms with Crippen LogP contribution in [0.15, 0.2) is 22.5 Å². The number of nitrogens with one attached hydrogen (secondary N) is 1. The van der Waals surface area contributed by atoms with Gasteiger partial charge in [-0.25, -0.2) is 13.1 Å². The normalized spacial score (nSPS) is 22.4. The van der Waals surface area contributed by atoms with Crippen molar-refractivity contribution in [1.82, 2.24) is 14.5 Å². The molecule has 6 nitrogen and oxygen atoms in total. The molecule has 0 radical (unpaired) electrons. The van der Waals surface area contributed by atoms with Gasteiger partial charge in [-0.05, 0) is 44.4 Å². The highest BCUT2D eigenvalue weighted by molar-refractivity contribution is 7.91. The molecule has 2 aromatic rings.